The lowest BCUT2D eigenvalue weighted by Gasteiger charge is -2.22. The molecule has 0 saturated heterocycles. The van der Waals surface area contributed by atoms with Crippen LogP contribution in [0, 0.1) is 11.3 Å². The van der Waals surface area contributed by atoms with Crippen molar-refractivity contribution >= 4 is 0 Å². The summed E-state index contributed by atoms with van der Waals surface area (Å²) in [4.78, 5) is 0. The van der Waals surface area contributed by atoms with Crippen molar-refractivity contribution in [1.82, 2.24) is 5.32 Å². The molecule has 1 rings (SSSR count). The van der Waals surface area contributed by atoms with Crippen LogP contribution in [-0.2, 0) is 4.74 Å². The third kappa shape index (κ3) is 5.53. The average molecular weight is 213 g/mol. The van der Waals surface area contributed by atoms with E-state index in [0.29, 0.717) is 5.41 Å². The van der Waals surface area contributed by atoms with E-state index in [2.05, 4.69) is 19.2 Å². The van der Waals surface area contributed by atoms with E-state index < -0.39 is 0 Å². The Kier molecular flexibility index (Phi) is 5.62. The summed E-state index contributed by atoms with van der Waals surface area (Å²) < 4.78 is 5.03. The van der Waals surface area contributed by atoms with Crippen LogP contribution in [0.25, 0.3) is 0 Å². The minimum Gasteiger partial charge on any atom is -0.383 e. The van der Waals surface area contributed by atoms with Crippen LogP contribution in [0.2, 0.25) is 0 Å². The molecule has 1 aliphatic carbocycles. The molecule has 1 unspecified atom stereocenters. The Bertz CT molecular complexity index is 168. The first-order valence-corrected chi connectivity index (χ1v) is 6.34. The van der Waals surface area contributed by atoms with Gasteiger partial charge in [-0.15, -0.1) is 0 Å². The highest BCUT2D eigenvalue weighted by Crippen LogP contribution is 2.35. The van der Waals surface area contributed by atoms with Crippen LogP contribution in [0.3, 0.4) is 0 Å². The summed E-state index contributed by atoms with van der Waals surface area (Å²) in [6, 6.07) is 0. The van der Waals surface area contributed by atoms with Crippen LogP contribution in [-0.4, -0.2) is 26.8 Å². The summed E-state index contributed by atoms with van der Waals surface area (Å²) >= 11 is 0. The van der Waals surface area contributed by atoms with E-state index in [4.69, 9.17) is 4.74 Å². The van der Waals surface area contributed by atoms with Gasteiger partial charge in [-0.1, -0.05) is 20.3 Å². The van der Waals surface area contributed by atoms with Crippen molar-refractivity contribution < 1.29 is 4.74 Å². The molecule has 1 N–H and O–H groups in total. The first kappa shape index (κ1) is 13.0. The monoisotopic (exact) mass is 213 g/mol. The molecular formula is C13H27NO. The average Bonchev–Trinajstić information content (AvgIpc) is 2.35. The molecule has 0 amide bonds. The highest BCUT2D eigenvalue weighted by atomic mass is 16.5. The van der Waals surface area contributed by atoms with E-state index in [9.17, 15) is 0 Å². The number of ether oxygens (including phenoxy) is 1. The van der Waals surface area contributed by atoms with Gasteiger partial charge in [-0.25, -0.2) is 0 Å². The summed E-state index contributed by atoms with van der Waals surface area (Å²) in [5, 5.41) is 3.49. The molecule has 0 aromatic rings. The van der Waals surface area contributed by atoms with Crippen molar-refractivity contribution in [2.45, 2.75) is 46.0 Å². The number of nitrogens with one attached hydrogen (secondary N) is 1. The fraction of sp³-hybridized carbons (Fsp3) is 1.00. The molecule has 1 fully saturated rings. The van der Waals surface area contributed by atoms with Crippen molar-refractivity contribution in [1.29, 1.82) is 0 Å². The van der Waals surface area contributed by atoms with E-state index in [0.717, 1.165) is 19.1 Å². The van der Waals surface area contributed by atoms with Gasteiger partial charge in [0.2, 0.25) is 0 Å². The fourth-order valence-corrected chi connectivity index (χ4v) is 2.42. The van der Waals surface area contributed by atoms with Crippen LogP contribution in [0.4, 0.5) is 0 Å². The minimum atomic E-state index is 0.585. The zero-order valence-electron chi connectivity index (χ0n) is 10.6. The van der Waals surface area contributed by atoms with Gasteiger partial charge in [0.15, 0.2) is 0 Å². The van der Waals surface area contributed by atoms with Gasteiger partial charge in [-0.05, 0) is 43.6 Å². The van der Waals surface area contributed by atoms with Crippen molar-refractivity contribution in [2.24, 2.45) is 11.3 Å². The normalized spacial score (nSPS) is 26.2. The quantitative estimate of drug-likeness (QED) is 0.560. The maximum absolute atomic E-state index is 5.03. The summed E-state index contributed by atoms with van der Waals surface area (Å²) in [5.74, 6) is 0.892. The topological polar surface area (TPSA) is 21.3 Å². The van der Waals surface area contributed by atoms with E-state index in [1.807, 2.05) is 0 Å². The van der Waals surface area contributed by atoms with Crippen molar-refractivity contribution in [3.63, 3.8) is 0 Å². The fourth-order valence-electron chi connectivity index (χ4n) is 2.42. The van der Waals surface area contributed by atoms with Crippen LogP contribution in [0.5, 0.6) is 0 Å². The lowest BCUT2D eigenvalue weighted by Crippen LogP contribution is -2.26. The largest absolute Gasteiger partial charge is 0.383 e. The van der Waals surface area contributed by atoms with Gasteiger partial charge in [0.05, 0.1) is 6.61 Å². The molecule has 0 aromatic heterocycles. The Morgan fingerprint density at radius 2 is 2.07 bits per heavy atom. The predicted octanol–water partition coefficient (Wildman–Crippen LogP) is 2.83. The zero-order chi connectivity index (χ0) is 11.1. The molecule has 90 valence electrons. The summed E-state index contributed by atoms with van der Waals surface area (Å²) in [7, 11) is 1.76. The molecule has 1 aliphatic rings. The van der Waals surface area contributed by atoms with E-state index in [-0.39, 0.29) is 0 Å². The van der Waals surface area contributed by atoms with Gasteiger partial charge in [-0.2, -0.15) is 0 Å². The molecular weight excluding hydrogens is 186 g/mol. The third-order valence-electron chi connectivity index (χ3n) is 3.61. The first-order chi connectivity index (χ1) is 7.14. The van der Waals surface area contributed by atoms with Crippen molar-refractivity contribution in [2.75, 3.05) is 26.8 Å². The molecule has 1 saturated carbocycles. The summed E-state index contributed by atoms with van der Waals surface area (Å²) in [6.45, 7) is 7.83. The number of rotatable bonds is 5. The van der Waals surface area contributed by atoms with Crippen molar-refractivity contribution in [3.8, 4) is 0 Å². The standard InChI is InChI=1S/C13H27NO/c1-13(2)7-4-5-12(6-8-13)11-14-9-10-15-3/h12,14H,4-11H2,1-3H3. The second-order valence-electron chi connectivity index (χ2n) is 5.66. The SMILES string of the molecule is COCCNCC1CCCC(C)(C)CC1. The van der Waals surface area contributed by atoms with Crippen LogP contribution in [0.15, 0.2) is 0 Å². The van der Waals surface area contributed by atoms with Gasteiger partial charge in [0.25, 0.3) is 0 Å². The zero-order valence-corrected chi connectivity index (χ0v) is 10.6. The van der Waals surface area contributed by atoms with Gasteiger partial charge in [0, 0.05) is 13.7 Å². The minimum absolute atomic E-state index is 0.585. The maximum Gasteiger partial charge on any atom is 0.0587 e. The summed E-state index contributed by atoms with van der Waals surface area (Å²) in [5.41, 5.74) is 0.585. The van der Waals surface area contributed by atoms with Gasteiger partial charge in [-0.3, -0.25) is 0 Å². The number of hydrogen-bond acceptors (Lipinski definition) is 2. The van der Waals surface area contributed by atoms with Crippen LogP contribution in [0.1, 0.15) is 46.0 Å². The lowest BCUT2D eigenvalue weighted by atomic mass is 9.85. The smallest absolute Gasteiger partial charge is 0.0587 e. The molecule has 2 nitrogen and oxygen atoms in total. The Hall–Kier alpha value is -0.0800. The molecule has 2 heteroatoms. The predicted molar refractivity (Wildman–Crippen MR) is 65.1 cm³/mol. The van der Waals surface area contributed by atoms with Crippen LogP contribution >= 0.6 is 0 Å². The second-order valence-corrected chi connectivity index (χ2v) is 5.66. The maximum atomic E-state index is 5.03. The molecule has 0 bridgehead atoms. The molecule has 0 spiro atoms. The summed E-state index contributed by atoms with van der Waals surface area (Å²) in [6.07, 6.45) is 7.01. The molecule has 15 heavy (non-hydrogen) atoms. The molecule has 0 aromatic carbocycles. The molecule has 0 radical (unpaired) electrons. The number of hydrogen-bond donors (Lipinski definition) is 1. The Morgan fingerprint density at radius 1 is 1.27 bits per heavy atom. The molecule has 0 aliphatic heterocycles. The molecule has 1 atom stereocenters. The van der Waals surface area contributed by atoms with E-state index in [1.165, 1.54) is 38.6 Å². The van der Waals surface area contributed by atoms with Gasteiger partial charge in [0.1, 0.15) is 0 Å². The van der Waals surface area contributed by atoms with Gasteiger partial charge >= 0.3 is 0 Å². The second kappa shape index (κ2) is 6.49. The Balaban J connectivity index is 2.14. The van der Waals surface area contributed by atoms with Gasteiger partial charge < -0.3 is 10.1 Å². The number of methoxy groups -OCH3 is 1. The van der Waals surface area contributed by atoms with E-state index in [1.54, 1.807) is 7.11 Å². The first-order valence-electron chi connectivity index (χ1n) is 6.34. The molecule has 0 heterocycles. The highest BCUT2D eigenvalue weighted by molar-refractivity contribution is 4.77. The van der Waals surface area contributed by atoms with Crippen molar-refractivity contribution in [3.05, 3.63) is 0 Å². The van der Waals surface area contributed by atoms with Crippen LogP contribution < -0.4 is 5.32 Å². The third-order valence-corrected chi connectivity index (χ3v) is 3.61. The Labute approximate surface area is 94.8 Å². The lowest BCUT2D eigenvalue weighted by molar-refractivity contribution is 0.197. The Morgan fingerprint density at radius 3 is 2.80 bits per heavy atom. The van der Waals surface area contributed by atoms with E-state index >= 15 is 0 Å². The highest BCUT2D eigenvalue weighted by Gasteiger charge is 2.23.